The summed E-state index contributed by atoms with van der Waals surface area (Å²) in [5.74, 6) is 1.13. The highest BCUT2D eigenvalue weighted by Crippen LogP contribution is 2.38. The van der Waals surface area contributed by atoms with Crippen LogP contribution in [-0.4, -0.2) is 63.9 Å². The van der Waals surface area contributed by atoms with Crippen LogP contribution in [0.25, 0.3) is 10.8 Å². The third kappa shape index (κ3) is 6.65. The highest BCUT2D eigenvalue weighted by molar-refractivity contribution is 7.51. The first kappa shape index (κ1) is 26.6. The van der Waals surface area contributed by atoms with Gasteiger partial charge in [0.05, 0.1) is 32.0 Å². The van der Waals surface area contributed by atoms with Gasteiger partial charge in [-0.3, -0.25) is 14.2 Å². The number of fused-ring (bicyclic) bond motifs is 1. The van der Waals surface area contributed by atoms with Crippen molar-refractivity contribution in [2.45, 2.75) is 25.8 Å². The molecule has 3 aromatic rings. The van der Waals surface area contributed by atoms with Crippen LogP contribution in [0.2, 0.25) is 0 Å². The van der Waals surface area contributed by atoms with Gasteiger partial charge in [-0.25, -0.2) is 4.68 Å². The fourth-order valence-electron chi connectivity index (χ4n) is 4.43. The molecule has 0 bridgehead atoms. The quantitative estimate of drug-likeness (QED) is 0.350. The van der Waals surface area contributed by atoms with Crippen molar-refractivity contribution >= 4 is 35.8 Å². The number of hydrogen-bond donors (Lipinski definition) is 3. The molecular weight excluding hydrogens is 501 g/mol. The van der Waals surface area contributed by atoms with Gasteiger partial charge in [-0.15, -0.1) is 0 Å². The molecule has 0 spiro atoms. The lowest BCUT2D eigenvalue weighted by molar-refractivity contribution is -0.117. The number of anilines is 2. The maximum Gasteiger partial charge on any atom is 0.325 e. The van der Waals surface area contributed by atoms with Gasteiger partial charge in [-0.2, -0.15) is 10.1 Å². The molecule has 1 aromatic carbocycles. The summed E-state index contributed by atoms with van der Waals surface area (Å²) >= 11 is 0. The van der Waals surface area contributed by atoms with Gasteiger partial charge in [0.15, 0.2) is 0 Å². The van der Waals surface area contributed by atoms with Gasteiger partial charge in [-0.05, 0) is 37.3 Å². The van der Waals surface area contributed by atoms with E-state index in [-0.39, 0.29) is 18.6 Å². The molecule has 1 aliphatic rings. The van der Waals surface area contributed by atoms with Crippen LogP contribution in [-0.2, 0) is 15.9 Å². The van der Waals surface area contributed by atoms with Crippen molar-refractivity contribution in [3.8, 4) is 11.6 Å². The average Bonchev–Trinajstić information content (AvgIpc) is 2.88. The van der Waals surface area contributed by atoms with Crippen molar-refractivity contribution in [3.63, 3.8) is 0 Å². The molecule has 3 N–H and O–H groups in total. The van der Waals surface area contributed by atoms with Gasteiger partial charge in [0.25, 0.3) is 5.56 Å². The summed E-state index contributed by atoms with van der Waals surface area (Å²) in [4.78, 5) is 51.0. The minimum Gasteiger partial charge on any atom is -0.497 e. The molecule has 0 unspecified atom stereocenters. The summed E-state index contributed by atoms with van der Waals surface area (Å²) in [6, 6.07) is 8.52. The Morgan fingerprint density at radius 1 is 1.19 bits per heavy atom. The largest absolute Gasteiger partial charge is 0.497 e. The number of carbonyl (C=O) groups is 1. The number of carbonyl (C=O) groups excluding carboxylic acids is 1. The summed E-state index contributed by atoms with van der Waals surface area (Å²) in [5, 5.41) is 7.80. The van der Waals surface area contributed by atoms with Gasteiger partial charge in [0, 0.05) is 36.3 Å². The molecule has 37 heavy (non-hydrogen) atoms. The lowest BCUT2D eigenvalue weighted by atomic mass is 9.94. The van der Waals surface area contributed by atoms with E-state index in [1.807, 2.05) is 4.90 Å². The number of ether oxygens (including phenoxy) is 2. The average molecular weight is 532 g/mol. The molecule has 4 rings (SSSR count). The molecule has 0 saturated carbocycles. The van der Waals surface area contributed by atoms with Crippen LogP contribution in [0, 0.1) is 5.92 Å². The first-order valence-electron chi connectivity index (χ1n) is 11.8. The van der Waals surface area contributed by atoms with E-state index >= 15 is 0 Å². The highest BCUT2D eigenvalue weighted by Gasteiger charge is 2.26. The first-order chi connectivity index (χ1) is 17.7. The van der Waals surface area contributed by atoms with Crippen LogP contribution in [0.5, 0.6) is 11.6 Å². The fourth-order valence-corrected chi connectivity index (χ4v) is 5.13. The summed E-state index contributed by atoms with van der Waals surface area (Å²) in [5.41, 5.74) is 0.0824. The molecule has 1 amide bonds. The van der Waals surface area contributed by atoms with Crippen LogP contribution < -0.4 is 25.2 Å². The van der Waals surface area contributed by atoms with Crippen LogP contribution in [0.3, 0.4) is 0 Å². The third-order valence-corrected chi connectivity index (χ3v) is 7.23. The number of nitrogens with one attached hydrogen (secondary N) is 1. The van der Waals surface area contributed by atoms with Crippen molar-refractivity contribution in [1.82, 2.24) is 14.8 Å². The number of aromatic nitrogens is 3. The summed E-state index contributed by atoms with van der Waals surface area (Å²) in [7, 11) is -1.01. The number of piperidine rings is 1. The van der Waals surface area contributed by atoms with Crippen molar-refractivity contribution in [2.75, 3.05) is 43.7 Å². The number of methoxy groups -OCH3 is 2. The zero-order chi connectivity index (χ0) is 26.6. The van der Waals surface area contributed by atoms with Crippen molar-refractivity contribution in [3.05, 3.63) is 46.9 Å². The topological polar surface area (TPSA) is 156 Å². The summed E-state index contributed by atoms with van der Waals surface area (Å²) < 4.78 is 22.8. The predicted octanol–water partition coefficient (Wildman–Crippen LogP) is 2.23. The van der Waals surface area contributed by atoms with Gasteiger partial charge < -0.3 is 29.5 Å². The van der Waals surface area contributed by atoms with Crippen molar-refractivity contribution < 1.29 is 28.6 Å². The fraction of sp³-hybridized carbons (Fsp3) is 0.417. The number of benzene rings is 1. The Hall–Kier alpha value is -3.47. The monoisotopic (exact) mass is 531 g/mol. The molecular formula is C24H30N5O7P. The number of pyridine rings is 1. The molecule has 0 aliphatic carbocycles. The maximum absolute atomic E-state index is 13.5. The number of nitrogens with zero attached hydrogens (tertiary/aromatic N) is 4. The molecule has 2 aromatic heterocycles. The zero-order valence-corrected chi connectivity index (χ0v) is 21.6. The lowest BCUT2D eigenvalue weighted by Crippen LogP contribution is -2.36. The molecule has 13 heteroatoms. The first-order valence-corrected chi connectivity index (χ1v) is 13.6. The van der Waals surface area contributed by atoms with Gasteiger partial charge >= 0.3 is 7.60 Å². The normalized spacial score (nSPS) is 14.5. The third-order valence-electron chi connectivity index (χ3n) is 6.39. The minimum atomic E-state index is -4.03. The van der Waals surface area contributed by atoms with Crippen LogP contribution in [0.1, 0.15) is 19.3 Å². The van der Waals surface area contributed by atoms with Crippen LogP contribution in [0.15, 0.2) is 41.3 Å². The van der Waals surface area contributed by atoms with E-state index in [9.17, 15) is 23.9 Å². The number of amides is 1. The van der Waals surface area contributed by atoms with Crippen LogP contribution >= 0.6 is 7.60 Å². The Morgan fingerprint density at radius 2 is 1.95 bits per heavy atom. The molecule has 0 atom stereocenters. The summed E-state index contributed by atoms with van der Waals surface area (Å²) in [6.07, 6.45) is 3.25. The SMILES string of the molecule is COc1cccc(NC(=O)Cn2ncc3cc(OC)nc(N4CCC(CCP(=O)(O)O)CC4)c3c2=O)c1. The molecule has 3 heterocycles. The van der Waals surface area contributed by atoms with E-state index in [0.29, 0.717) is 66.3 Å². The van der Waals surface area contributed by atoms with Crippen molar-refractivity contribution in [1.29, 1.82) is 0 Å². The Bertz CT molecular complexity index is 1380. The molecule has 1 aliphatic heterocycles. The molecule has 0 radical (unpaired) electrons. The van der Waals surface area contributed by atoms with E-state index < -0.39 is 19.1 Å². The minimum absolute atomic E-state index is 0.133. The van der Waals surface area contributed by atoms with E-state index in [1.165, 1.54) is 20.4 Å². The van der Waals surface area contributed by atoms with Crippen molar-refractivity contribution in [2.24, 2.45) is 5.92 Å². The number of hydrogen-bond acceptors (Lipinski definition) is 8. The van der Waals surface area contributed by atoms with Gasteiger partial charge in [-0.1, -0.05) is 6.07 Å². The lowest BCUT2D eigenvalue weighted by Gasteiger charge is -2.33. The second kappa shape index (κ2) is 11.3. The zero-order valence-electron chi connectivity index (χ0n) is 20.7. The second-order valence-electron chi connectivity index (χ2n) is 8.95. The molecule has 1 saturated heterocycles. The van der Waals surface area contributed by atoms with E-state index in [0.717, 1.165) is 4.68 Å². The van der Waals surface area contributed by atoms with Gasteiger partial charge in [0.2, 0.25) is 11.8 Å². The highest BCUT2D eigenvalue weighted by atomic mass is 31.2. The Labute approximate surface area is 213 Å². The summed E-state index contributed by atoms with van der Waals surface area (Å²) in [6.45, 7) is 0.847. The maximum atomic E-state index is 13.5. The molecule has 198 valence electrons. The predicted molar refractivity (Wildman–Crippen MR) is 138 cm³/mol. The second-order valence-corrected chi connectivity index (χ2v) is 10.7. The Kier molecular flexibility index (Phi) is 8.11. The Balaban J connectivity index is 1.57. The van der Waals surface area contributed by atoms with Gasteiger partial charge in [0.1, 0.15) is 18.1 Å². The van der Waals surface area contributed by atoms with E-state index in [1.54, 1.807) is 30.3 Å². The molecule has 1 fully saturated rings. The van der Waals surface area contributed by atoms with Crippen LogP contribution in [0.4, 0.5) is 11.5 Å². The molecule has 12 nitrogen and oxygen atoms in total. The number of rotatable bonds is 9. The smallest absolute Gasteiger partial charge is 0.325 e. The standard InChI is InChI=1S/C24H30N5O7P/c1-35-19-5-3-4-18(13-19)26-20(30)15-29-24(31)22-17(14-25-29)12-21(36-2)27-23(22)28-9-6-16(7-10-28)8-11-37(32,33)34/h3-5,12-14,16H,6-11,15H2,1-2H3,(H,26,30)(H2,32,33,34). The Morgan fingerprint density at radius 3 is 2.62 bits per heavy atom. The van der Waals surface area contributed by atoms with E-state index in [4.69, 9.17) is 9.47 Å². The van der Waals surface area contributed by atoms with E-state index in [2.05, 4.69) is 15.4 Å².